The van der Waals surface area contributed by atoms with Gasteiger partial charge in [-0.2, -0.15) is 4.73 Å². The maximum atomic E-state index is 14.0. The topological polar surface area (TPSA) is 139 Å². The number of nitrogens with one attached hydrogen (secondary N) is 3. The van der Waals surface area contributed by atoms with Gasteiger partial charge in [-0.25, -0.2) is 0 Å². The van der Waals surface area contributed by atoms with Crippen molar-refractivity contribution in [2.45, 2.75) is 116 Å². The van der Waals surface area contributed by atoms with Crippen molar-refractivity contribution >= 4 is 40.3 Å². The highest BCUT2D eigenvalue weighted by molar-refractivity contribution is 5.98. The van der Waals surface area contributed by atoms with E-state index >= 15 is 0 Å². The third-order valence-corrected chi connectivity index (χ3v) is 9.28. The lowest BCUT2D eigenvalue weighted by Gasteiger charge is -2.39. The van der Waals surface area contributed by atoms with Gasteiger partial charge in [0.1, 0.15) is 37.1 Å². The number of hydrogen-bond acceptors (Lipinski definition) is 6. The Kier molecular flexibility index (Phi) is 12.0. The summed E-state index contributed by atoms with van der Waals surface area (Å²) in [5.41, 5.74) is 1.63. The lowest BCUT2D eigenvalue weighted by Crippen LogP contribution is -2.64. The Balaban J connectivity index is 1.65. The van der Waals surface area contributed by atoms with Crippen molar-refractivity contribution in [2.75, 3.05) is 13.7 Å². The van der Waals surface area contributed by atoms with E-state index in [2.05, 4.69) is 16.0 Å². The number of carbonyl (C=O) groups is 5. The Morgan fingerprint density at radius 1 is 0.956 bits per heavy atom. The average molecular weight is 624 g/mol. The van der Waals surface area contributed by atoms with Crippen LogP contribution in [0.4, 0.5) is 0 Å². The predicted molar refractivity (Wildman–Crippen MR) is 171 cm³/mol. The SMILES string of the molecule is CC[C@H](C)[C@@H]1NC(=O)[C@H](Cc2cn(OC)c3ccccc23)NC(=O)[C@H](CCCCCCC(C)=O)NC(=O)[C@H]2CCCCN2C1=O. The third-order valence-electron chi connectivity index (χ3n) is 9.28. The van der Waals surface area contributed by atoms with Gasteiger partial charge in [-0.15, -0.1) is 0 Å². The zero-order valence-electron chi connectivity index (χ0n) is 27.1. The molecule has 0 bridgehead atoms. The molecule has 5 atom stereocenters. The number of Topliss-reactive ketones (excluding diaryl/α,β-unsaturated/α-hetero) is 1. The van der Waals surface area contributed by atoms with Gasteiger partial charge in [0.05, 0.1) is 5.52 Å². The summed E-state index contributed by atoms with van der Waals surface area (Å²) in [7, 11) is 1.56. The number of carbonyl (C=O) groups excluding carboxylic acids is 5. The number of hydrogen-bond donors (Lipinski definition) is 3. The molecule has 45 heavy (non-hydrogen) atoms. The molecular formula is C34H49N5O6. The molecule has 1 aromatic carbocycles. The Bertz CT molecular complexity index is 1370. The van der Waals surface area contributed by atoms with Gasteiger partial charge in [-0.05, 0) is 56.6 Å². The van der Waals surface area contributed by atoms with Gasteiger partial charge in [-0.1, -0.05) is 57.7 Å². The zero-order chi connectivity index (χ0) is 32.5. The van der Waals surface area contributed by atoms with Crippen LogP contribution in [0.3, 0.4) is 0 Å². The van der Waals surface area contributed by atoms with Crippen LogP contribution < -0.4 is 20.8 Å². The number of fused-ring (bicyclic) bond motifs is 2. The van der Waals surface area contributed by atoms with Crippen molar-refractivity contribution in [1.82, 2.24) is 25.6 Å². The van der Waals surface area contributed by atoms with Gasteiger partial charge in [0.2, 0.25) is 23.6 Å². The van der Waals surface area contributed by atoms with E-state index in [1.54, 1.807) is 29.9 Å². The highest BCUT2D eigenvalue weighted by Gasteiger charge is 2.40. The Morgan fingerprint density at radius 2 is 1.67 bits per heavy atom. The van der Waals surface area contributed by atoms with Crippen molar-refractivity contribution in [1.29, 1.82) is 0 Å². The quantitative estimate of drug-likeness (QED) is 0.311. The van der Waals surface area contributed by atoms with E-state index in [1.165, 1.54) is 0 Å². The molecule has 2 aliphatic rings. The fraction of sp³-hybridized carbons (Fsp3) is 0.618. The molecule has 3 N–H and O–H groups in total. The van der Waals surface area contributed by atoms with Gasteiger partial charge in [0, 0.05) is 31.0 Å². The summed E-state index contributed by atoms with van der Waals surface area (Å²) in [5, 5.41) is 9.77. The number of nitrogens with zero attached hydrogens (tertiary/aromatic N) is 2. The molecule has 0 aliphatic carbocycles. The second-order valence-corrected chi connectivity index (χ2v) is 12.6. The van der Waals surface area contributed by atoms with Crippen molar-refractivity contribution < 1.29 is 28.8 Å². The molecular weight excluding hydrogens is 574 g/mol. The fourth-order valence-corrected chi connectivity index (χ4v) is 6.43. The molecule has 246 valence electrons. The van der Waals surface area contributed by atoms with E-state index in [9.17, 15) is 24.0 Å². The van der Waals surface area contributed by atoms with Crippen LogP contribution >= 0.6 is 0 Å². The maximum Gasteiger partial charge on any atom is 0.246 e. The second-order valence-electron chi connectivity index (χ2n) is 12.6. The van der Waals surface area contributed by atoms with Gasteiger partial charge in [0.15, 0.2) is 0 Å². The molecule has 1 aromatic heterocycles. The van der Waals surface area contributed by atoms with Crippen molar-refractivity contribution in [3.05, 3.63) is 36.0 Å². The molecule has 2 saturated heterocycles. The van der Waals surface area contributed by atoms with Gasteiger partial charge in [0.25, 0.3) is 0 Å². The van der Waals surface area contributed by atoms with Crippen LogP contribution in [0.15, 0.2) is 30.5 Å². The molecule has 4 amide bonds. The van der Waals surface area contributed by atoms with E-state index < -0.39 is 36.0 Å². The molecule has 0 unspecified atom stereocenters. The van der Waals surface area contributed by atoms with Crippen LogP contribution in [0, 0.1) is 5.92 Å². The van der Waals surface area contributed by atoms with Gasteiger partial charge >= 0.3 is 0 Å². The Labute approximate surface area is 265 Å². The number of piperidine rings is 1. The first-order chi connectivity index (χ1) is 21.6. The highest BCUT2D eigenvalue weighted by atomic mass is 16.6. The smallest absolute Gasteiger partial charge is 0.246 e. The van der Waals surface area contributed by atoms with E-state index in [-0.39, 0.29) is 29.9 Å². The minimum atomic E-state index is -1.00. The first-order valence-electron chi connectivity index (χ1n) is 16.5. The van der Waals surface area contributed by atoms with Crippen LogP contribution in [-0.2, 0) is 30.4 Å². The summed E-state index contributed by atoms with van der Waals surface area (Å²) in [6, 6.07) is 4.25. The summed E-state index contributed by atoms with van der Waals surface area (Å²) in [6.07, 6.45) is 8.69. The lowest BCUT2D eigenvalue weighted by molar-refractivity contribution is -0.147. The standard InChI is InChI=1S/C34H49N5O6/c1-5-22(2)30-34(44)38-19-13-12-18-29(38)33(43)35-26(16-9-7-6-8-14-23(3)40)31(41)36-27(32(42)37-30)20-24-21-39(45-4)28-17-11-10-15-25(24)28/h10-11,15,17,21-22,26-27,29-30H,5-9,12-14,16,18-20H2,1-4H3,(H,35,43)(H,36,41)(H,37,42)/t22-,26-,27-,29+,30-/m0/s1. The van der Waals surface area contributed by atoms with Crippen molar-refractivity contribution in [3.63, 3.8) is 0 Å². The minimum Gasteiger partial charge on any atom is -0.417 e. The van der Waals surface area contributed by atoms with Crippen LogP contribution in [-0.4, -0.2) is 76.9 Å². The molecule has 4 rings (SSSR count). The van der Waals surface area contributed by atoms with E-state index in [0.29, 0.717) is 38.6 Å². The molecule has 0 spiro atoms. The zero-order valence-corrected chi connectivity index (χ0v) is 27.1. The first-order valence-corrected chi connectivity index (χ1v) is 16.5. The number of rotatable bonds is 12. The largest absolute Gasteiger partial charge is 0.417 e. The second kappa shape index (κ2) is 15.9. The monoisotopic (exact) mass is 623 g/mol. The van der Waals surface area contributed by atoms with Crippen LogP contribution in [0.1, 0.15) is 90.5 Å². The molecule has 11 nitrogen and oxygen atoms in total. The van der Waals surface area contributed by atoms with Gasteiger partial charge in [-0.3, -0.25) is 19.2 Å². The minimum absolute atomic E-state index is 0.154. The van der Waals surface area contributed by atoms with Crippen molar-refractivity contribution in [2.24, 2.45) is 5.92 Å². The van der Waals surface area contributed by atoms with E-state index in [1.807, 2.05) is 38.1 Å². The van der Waals surface area contributed by atoms with E-state index in [0.717, 1.165) is 48.6 Å². The van der Waals surface area contributed by atoms with Gasteiger partial charge < -0.3 is 30.5 Å². The maximum absolute atomic E-state index is 14.0. The number of ketones is 1. The third kappa shape index (κ3) is 8.43. The number of para-hydroxylation sites is 1. The fourth-order valence-electron chi connectivity index (χ4n) is 6.43. The average Bonchev–Trinajstić information content (AvgIpc) is 3.40. The molecule has 0 radical (unpaired) electrons. The van der Waals surface area contributed by atoms with Crippen molar-refractivity contribution in [3.8, 4) is 0 Å². The normalized spacial score (nSPS) is 23.7. The highest BCUT2D eigenvalue weighted by Crippen LogP contribution is 2.24. The Morgan fingerprint density at radius 3 is 2.40 bits per heavy atom. The molecule has 0 saturated carbocycles. The summed E-state index contributed by atoms with van der Waals surface area (Å²) in [6.45, 7) is 5.88. The lowest BCUT2D eigenvalue weighted by atomic mass is 9.93. The Hall–Kier alpha value is -3.89. The van der Waals surface area contributed by atoms with Crippen LogP contribution in [0.25, 0.3) is 10.9 Å². The number of benzene rings is 1. The van der Waals surface area contributed by atoms with Crippen LogP contribution in [0.2, 0.25) is 0 Å². The number of unbranched alkanes of at least 4 members (excludes halogenated alkanes) is 3. The summed E-state index contributed by atoms with van der Waals surface area (Å²) >= 11 is 0. The molecule has 3 heterocycles. The summed E-state index contributed by atoms with van der Waals surface area (Å²) in [4.78, 5) is 74.1. The molecule has 2 aliphatic heterocycles. The number of aromatic nitrogens is 1. The molecule has 2 fully saturated rings. The summed E-state index contributed by atoms with van der Waals surface area (Å²) in [5.74, 6) is -1.51. The molecule has 11 heteroatoms. The molecule has 2 aromatic rings. The number of amides is 4. The summed E-state index contributed by atoms with van der Waals surface area (Å²) < 4.78 is 1.62. The van der Waals surface area contributed by atoms with Crippen LogP contribution in [0.5, 0.6) is 0 Å². The van der Waals surface area contributed by atoms with E-state index in [4.69, 9.17) is 4.84 Å². The predicted octanol–water partition coefficient (Wildman–Crippen LogP) is 3.07. The first kappa shape index (κ1) is 34.0.